The lowest BCUT2D eigenvalue weighted by atomic mass is 10.2. The van der Waals surface area contributed by atoms with Crippen LogP contribution in [0.25, 0.3) is 0 Å². The fraction of sp³-hybridized carbons (Fsp3) is 0.250. The maximum absolute atomic E-state index is 12.4. The van der Waals surface area contributed by atoms with E-state index >= 15 is 0 Å². The molecule has 0 aromatic heterocycles. The van der Waals surface area contributed by atoms with Gasteiger partial charge in [-0.3, -0.25) is 0 Å². The van der Waals surface area contributed by atoms with Gasteiger partial charge in [0.15, 0.2) is 0 Å². The Labute approximate surface area is 148 Å². The van der Waals surface area contributed by atoms with Crippen molar-refractivity contribution >= 4 is 17.7 Å². The Morgan fingerprint density at radius 2 is 1.71 bits per heavy atom. The number of amides is 1. The zero-order valence-electron chi connectivity index (χ0n) is 14.0. The number of halogens is 1. The van der Waals surface area contributed by atoms with Crippen molar-refractivity contribution in [1.29, 1.82) is 0 Å². The zero-order chi connectivity index (χ0) is 17.6. The molecule has 0 atom stereocenters. The van der Waals surface area contributed by atoms with Gasteiger partial charge in [0.25, 0.3) is 0 Å². The van der Waals surface area contributed by atoms with E-state index in [1.807, 2.05) is 69.3 Å². The molecule has 0 aliphatic rings. The van der Waals surface area contributed by atoms with Gasteiger partial charge in [-0.25, -0.2) is 9.69 Å². The molecule has 2 aromatic rings. The van der Waals surface area contributed by atoms with Gasteiger partial charge < -0.3 is 4.74 Å². The lowest BCUT2D eigenvalue weighted by molar-refractivity contribution is 0.0341. The van der Waals surface area contributed by atoms with Gasteiger partial charge in [-0.15, -0.1) is 0 Å². The quantitative estimate of drug-likeness (QED) is 0.562. The minimum absolute atomic E-state index is 0.340. The summed E-state index contributed by atoms with van der Waals surface area (Å²) in [4.78, 5) is 13.8. The van der Waals surface area contributed by atoms with Crippen LogP contribution in [0.1, 0.15) is 31.9 Å². The molecular weight excluding hydrogens is 322 g/mol. The Hall–Kier alpha value is -2.44. The topological polar surface area (TPSA) is 29.5 Å². The summed E-state index contributed by atoms with van der Waals surface area (Å²) >= 11 is 6.12. The highest BCUT2D eigenvalue weighted by molar-refractivity contribution is 6.31. The molecule has 0 saturated heterocycles. The number of ether oxygens (including phenoxy) is 1. The van der Waals surface area contributed by atoms with Crippen molar-refractivity contribution in [3.63, 3.8) is 0 Å². The molecule has 0 aliphatic carbocycles. The first-order valence-electron chi connectivity index (χ1n) is 7.66. The van der Waals surface area contributed by atoms with E-state index in [0.717, 1.165) is 5.56 Å². The van der Waals surface area contributed by atoms with Crippen molar-refractivity contribution in [3.05, 3.63) is 70.7 Å². The number of carbonyl (C=O) groups is 1. The van der Waals surface area contributed by atoms with Crippen molar-refractivity contribution in [2.45, 2.75) is 32.9 Å². The van der Waals surface area contributed by atoms with E-state index in [1.54, 1.807) is 6.07 Å². The van der Waals surface area contributed by atoms with Crippen LogP contribution in [0.2, 0.25) is 5.02 Å². The van der Waals surface area contributed by atoms with Gasteiger partial charge in [0.2, 0.25) is 0 Å². The number of rotatable bonds is 2. The summed E-state index contributed by atoms with van der Waals surface area (Å²) in [6.45, 7) is 5.82. The molecule has 0 radical (unpaired) electrons. The van der Waals surface area contributed by atoms with E-state index < -0.39 is 11.7 Å². The minimum Gasteiger partial charge on any atom is -0.443 e. The SMILES string of the molecule is CC(C)(C)OC(=O)N(C#Cc1ccccc1Cl)Cc1ccccc1. The van der Waals surface area contributed by atoms with Gasteiger partial charge in [0.05, 0.1) is 11.6 Å². The largest absolute Gasteiger partial charge is 0.443 e. The fourth-order valence-electron chi connectivity index (χ4n) is 1.92. The third-order valence-corrected chi connectivity index (χ3v) is 3.33. The van der Waals surface area contributed by atoms with Crippen LogP contribution < -0.4 is 0 Å². The molecule has 124 valence electrons. The van der Waals surface area contributed by atoms with Crippen molar-refractivity contribution < 1.29 is 9.53 Å². The van der Waals surface area contributed by atoms with Gasteiger partial charge in [-0.2, -0.15) is 0 Å². The lowest BCUT2D eigenvalue weighted by Gasteiger charge is -2.23. The van der Waals surface area contributed by atoms with Crippen molar-refractivity contribution in [2.75, 3.05) is 0 Å². The molecule has 0 heterocycles. The molecule has 1 amide bonds. The molecule has 0 fully saturated rings. The minimum atomic E-state index is -0.585. The number of hydrogen-bond acceptors (Lipinski definition) is 2. The summed E-state index contributed by atoms with van der Waals surface area (Å²) in [5.74, 6) is 2.94. The molecular formula is C20H20ClNO2. The first kappa shape index (κ1) is 17.9. The van der Waals surface area contributed by atoms with E-state index in [9.17, 15) is 4.79 Å². The summed E-state index contributed by atoms with van der Waals surface area (Å²) < 4.78 is 5.44. The van der Waals surface area contributed by atoms with Crippen LogP contribution in [0.4, 0.5) is 4.79 Å². The molecule has 3 nitrogen and oxygen atoms in total. The number of carbonyl (C=O) groups excluding carboxylic acids is 1. The Morgan fingerprint density at radius 1 is 1.08 bits per heavy atom. The fourth-order valence-corrected chi connectivity index (χ4v) is 2.11. The van der Waals surface area contributed by atoms with E-state index in [-0.39, 0.29) is 0 Å². The smallest absolute Gasteiger partial charge is 0.422 e. The van der Waals surface area contributed by atoms with Crippen molar-refractivity contribution in [3.8, 4) is 12.0 Å². The monoisotopic (exact) mass is 341 g/mol. The number of nitrogens with zero attached hydrogens (tertiary/aromatic N) is 1. The summed E-state index contributed by atoms with van der Waals surface area (Å²) in [7, 11) is 0. The molecule has 0 unspecified atom stereocenters. The molecule has 2 rings (SSSR count). The maximum atomic E-state index is 12.4. The van der Waals surface area contributed by atoms with E-state index in [4.69, 9.17) is 16.3 Å². The number of benzene rings is 2. The molecule has 24 heavy (non-hydrogen) atoms. The second kappa shape index (κ2) is 7.90. The first-order chi connectivity index (χ1) is 11.3. The van der Waals surface area contributed by atoms with Gasteiger partial charge in [-0.05, 0) is 44.4 Å². The Morgan fingerprint density at radius 3 is 2.33 bits per heavy atom. The van der Waals surface area contributed by atoms with Crippen LogP contribution in [0.5, 0.6) is 0 Å². The Balaban J connectivity index is 2.26. The molecule has 0 spiro atoms. The van der Waals surface area contributed by atoms with Gasteiger partial charge in [-0.1, -0.05) is 54.1 Å². The Bertz CT molecular complexity index is 754. The van der Waals surface area contributed by atoms with Crippen LogP contribution >= 0.6 is 11.6 Å². The highest BCUT2D eigenvalue weighted by Crippen LogP contribution is 2.15. The molecule has 2 aromatic carbocycles. The maximum Gasteiger partial charge on any atom is 0.422 e. The van der Waals surface area contributed by atoms with Gasteiger partial charge in [0, 0.05) is 11.6 Å². The third-order valence-electron chi connectivity index (χ3n) is 3.00. The molecule has 0 aliphatic heterocycles. The second-order valence-corrected chi connectivity index (χ2v) is 6.68. The normalized spacial score (nSPS) is 10.5. The van der Waals surface area contributed by atoms with Crippen LogP contribution in [-0.4, -0.2) is 16.6 Å². The van der Waals surface area contributed by atoms with Crippen LogP contribution in [-0.2, 0) is 11.3 Å². The van der Waals surface area contributed by atoms with E-state index in [0.29, 0.717) is 17.1 Å². The van der Waals surface area contributed by atoms with Gasteiger partial charge in [0.1, 0.15) is 5.60 Å². The van der Waals surface area contributed by atoms with Crippen LogP contribution in [0.15, 0.2) is 54.6 Å². The predicted molar refractivity (Wildman–Crippen MR) is 96.5 cm³/mol. The first-order valence-corrected chi connectivity index (χ1v) is 8.03. The summed E-state index contributed by atoms with van der Waals surface area (Å²) in [5.41, 5.74) is 1.05. The highest BCUT2D eigenvalue weighted by Gasteiger charge is 2.21. The predicted octanol–water partition coefficient (Wildman–Crippen LogP) is 5.09. The third kappa shape index (κ3) is 5.64. The zero-order valence-corrected chi connectivity index (χ0v) is 14.8. The molecule has 4 heteroatoms. The average Bonchev–Trinajstić information content (AvgIpc) is 2.52. The van der Waals surface area contributed by atoms with Gasteiger partial charge >= 0.3 is 6.09 Å². The van der Waals surface area contributed by atoms with E-state index in [1.165, 1.54) is 4.90 Å². The van der Waals surface area contributed by atoms with Crippen molar-refractivity contribution in [1.82, 2.24) is 4.90 Å². The average molecular weight is 342 g/mol. The molecule has 0 bridgehead atoms. The highest BCUT2D eigenvalue weighted by atomic mass is 35.5. The summed E-state index contributed by atoms with van der Waals surface area (Å²) in [6, 6.07) is 19.8. The lowest BCUT2D eigenvalue weighted by Crippen LogP contribution is -2.33. The summed E-state index contributed by atoms with van der Waals surface area (Å²) in [6.07, 6.45) is -0.481. The molecule has 0 saturated carbocycles. The van der Waals surface area contributed by atoms with Crippen LogP contribution in [0, 0.1) is 12.0 Å². The standard InChI is InChI=1S/C20H20ClNO2/c1-20(2,3)24-19(23)22(15-16-9-5-4-6-10-16)14-13-17-11-7-8-12-18(17)21/h4-12H,15H2,1-3H3. The summed E-state index contributed by atoms with van der Waals surface area (Å²) in [5, 5.41) is 0.550. The number of hydrogen-bond donors (Lipinski definition) is 0. The second-order valence-electron chi connectivity index (χ2n) is 6.27. The van der Waals surface area contributed by atoms with E-state index in [2.05, 4.69) is 12.0 Å². The van der Waals surface area contributed by atoms with Crippen LogP contribution in [0.3, 0.4) is 0 Å². The molecule has 0 N–H and O–H groups in total. The Kier molecular flexibility index (Phi) is 5.89. The van der Waals surface area contributed by atoms with Crippen molar-refractivity contribution in [2.24, 2.45) is 0 Å².